The standard InChI is InChI=1S/C20H26N2OS/c1-4-21(5-2)19-12-10-17(20(16-19)23-3)9-11-18-8-6-7-13-22(18)14-15-24/h6-13,16H,4-5,14-15H2,1-3H3/p+1. The Labute approximate surface area is 151 Å². The number of hydrogen-bond acceptors (Lipinski definition) is 3. The fourth-order valence-electron chi connectivity index (χ4n) is 2.75. The van der Waals surface area contributed by atoms with Crippen molar-refractivity contribution in [3.8, 4) is 5.75 Å². The molecular formula is C20H27N2OS+. The van der Waals surface area contributed by atoms with E-state index in [0.717, 1.165) is 42.4 Å². The number of pyridine rings is 1. The summed E-state index contributed by atoms with van der Waals surface area (Å²) in [5.74, 6) is 1.71. The van der Waals surface area contributed by atoms with Crippen molar-refractivity contribution in [2.45, 2.75) is 20.4 Å². The Hall–Kier alpha value is -1.94. The molecular weight excluding hydrogens is 316 g/mol. The minimum absolute atomic E-state index is 0.817. The summed E-state index contributed by atoms with van der Waals surface area (Å²) >= 11 is 4.33. The van der Waals surface area contributed by atoms with Crippen LogP contribution >= 0.6 is 12.6 Å². The summed E-state index contributed by atoms with van der Waals surface area (Å²) in [5, 5.41) is 0. The maximum absolute atomic E-state index is 5.59. The van der Waals surface area contributed by atoms with Crippen LogP contribution in [0.1, 0.15) is 25.1 Å². The topological polar surface area (TPSA) is 16.4 Å². The van der Waals surface area contributed by atoms with Crippen molar-refractivity contribution in [3.05, 3.63) is 53.9 Å². The van der Waals surface area contributed by atoms with Crippen LogP contribution in [-0.2, 0) is 6.54 Å². The number of ether oxygens (including phenoxy) is 1. The summed E-state index contributed by atoms with van der Waals surface area (Å²) in [6.45, 7) is 7.20. The zero-order valence-corrected chi connectivity index (χ0v) is 15.7. The van der Waals surface area contributed by atoms with E-state index in [4.69, 9.17) is 4.74 Å². The normalized spacial score (nSPS) is 11.0. The number of nitrogens with zero attached hydrogens (tertiary/aromatic N) is 2. The summed E-state index contributed by atoms with van der Waals surface area (Å²) in [6, 6.07) is 12.6. The van der Waals surface area contributed by atoms with E-state index in [1.54, 1.807) is 7.11 Å². The summed E-state index contributed by atoms with van der Waals surface area (Å²) in [7, 11) is 1.72. The molecule has 1 aromatic heterocycles. The molecule has 128 valence electrons. The Bertz CT molecular complexity index is 681. The van der Waals surface area contributed by atoms with Crippen LogP contribution in [0.25, 0.3) is 12.2 Å². The SMILES string of the molecule is CCN(CC)c1ccc(/C=C/c2cccc[n+]2CCS)c(OC)c1. The molecule has 2 aromatic rings. The molecule has 4 heteroatoms. The lowest BCUT2D eigenvalue weighted by Gasteiger charge is -2.22. The van der Waals surface area contributed by atoms with Crippen molar-refractivity contribution in [2.75, 3.05) is 30.9 Å². The summed E-state index contributed by atoms with van der Waals surface area (Å²) < 4.78 is 7.79. The molecule has 24 heavy (non-hydrogen) atoms. The molecule has 0 atom stereocenters. The van der Waals surface area contributed by atoms with Crippen molar-refractivity contribution in [3.63, 3.8) is 0 Å². The molecule has 0 aliphatic heterocycles. The first-order chi connectivity index (χ1) is 11.7. The van der Waals surface area contributed by atoms with Crippen LogP contribution in [0.5, 0.6) is 5.75 Å². The third-order valence-electron chi connectivity index (χ3n) is 4.10. The predicted octanol–water partition coefficient (Wildman–Crippen LogP) is 3.93. The minimum atomic E-state index is 0.817. The number of hydrogen-bond donors (Lipinski definition) is 1. The van der Waals surface area contributed by atoms with E-state index in [2.05, 4.69) is 84.6 Å². The average Bonchev–Trinajstić information content (AvgIpc) is 2.62. The molecule has 0 saturated heterocycles. The van der Waals surface area contributed by atoms with Gasteiger partial charge in [-0.3, -0.25) is 0 Å². The van der Waals surface area contributed by atoms with Crippen LogP contribution in [0.4, 0.5) is 5.69 Å². The molecule has 0 aliphatic rings. The third-order valence-corrected chi connectivity index (χ3v) is 4.30. The van der Waals surface area contributed by atoms with Crippen LogP contribution in [0, 0.1) is 0 Å². The molecule has 0 aliphatic carbocycles. The van der Waals surface area contributed by atoms with E-state index in [1.807, 2.05) is 6.07 Å². The van der Waals surface area contributed by atoms with Gasteiger partial charge < -0.3 is 9.64 Å². The molecule has 0 amide bonds. The van der Waals surface area contributed by atoms with Gasteiger partial charge in [0.05, 0.1) is 7.11 Å². The average molecular weight is 344 g/mol. The van der Waals surface area contributed by atoms with E-state index in [0.29, 0.717) is 0 Å². The van der Waals surface area contributed by atoms with E-state index < -0.39 is 0 Å². The maximum atomic E-state index is 5.59. The van der Waals surface area contributed by atoms with Crippen molar-refractivity contribution in [1.82, 2.24) is 0 Å². The monoisotopic (exact) mass is 343 g/mol. The van der Waals surface area contributed by atoms with Gasteiger partial charge in [0.25, 0.3) is 0 Å². The maximum Gasteiger partial charge on any atom is 0.205 e. The van der Waals surface area contributed by atoms with E-state index in [-0.39, 0.29) is 0 Å². The first-order valence-corrected chi connectivity index (χ1v) is 9.07. The van der Waals surface area contributed by atoms with Gasteiger partial charge in [-0.1, -0.05) is 0 Å². The Morgan fingerprint density at radius 1 is 1.12 bits per heavy atom. The van der Waals surface area contributed by atoms with Crippen LogP contribution in [0.2, 0.25) is 0 Å². The second kappa shape index (κ2) is 9.38. The molecule has 0 bridgehead atoms. The van der Waals surface area contributed by atoms with Gasteiger partial charge >= 0.3 is 0 Å². The van der Waals surface area contributed by atoms with Crippen molar-refractivity contribution in [1.29, 1.82) is 0 Å². The predicted molar refractivity (Wildman–Crippen MR) is 106 cm³/mol. The number of thiol groups is 1. The van der Waals surface area contributed by atoms with Crippen molar-refractivity contribution in [2.24, 2.45) is 0 Å². The molecule has 0 radical (unpaired) electrons. The van der Waals surface area contributed by atoms with Gasteiger partial charge in [-0.05, 0) is 38.1 Å². The van der Waals surface area contributed by atoms with Gasteiger partial charge in [0.2, 0.25) is 5.69 Å². The van der Waals surface area contributed by atoms with E-state index in [9.17, 15) is 0 Å². The quantitative estimate of drug-likeness (QED) is 0.577. The van der Waals surface area contributed by atoms with Gasteiger partial charge in [0.15, 0.2) is 12.7 Å². The van der Waals surface area contributed by atoms with Crippen LogP contribution in [0.3, 0.4) is 0 Å². The van der Waals surface area contributed by atoms with Crippen LogP contribution in [-0.4, -0.2) is 26.0 Å². The molecule has 2 rings (SSSR count). The van der Waals surface area contributed by atoms with Crippen molar-refractivity contribution < 1.29 is 9.30 Å². The number of anilines is 1. The molecule has 0 N–H and O–H groups in total. The molecule has 0 saturated carbocycles. The number of methoxy groups -OCH3 is 1. The highest BCUT2D eigenvalue weighted by Gasteiger charge is 2.08. The Morgan fingerprint density at radius 2 is 1.92 bits per heavy atom. The number of aromatic nitrogens is 1. The highest BCUT2D eigenvalue weighted by molar-refractivity contribution is 7.80. The number of rotatable bonds is 8. The third kappa shape index (κ3) is 4.54. The lowest BCUT2D eigenvalue weighted by molar-refractivity contribution is -0.694. The molecule has 0 fully saturated rings. The Morgan fingerprint density at radius 3 is 2.58 bits per heavy atom. The number of benzene rings is 1. The van der Waals surface area contributed by atoms with E-state index in [1.165, 1.54) is 5.69 Å². The van der Waals surface area contributed by atoms with Gasteiger partial charge in [-0.2, -0.15) is 17.2 Å². The molecule has 0 unspecified atom stereocenters. The van der Waals surface area contributed by atoms with Crippen LogP contribution in [0.15, 0.2) is 42.6 Å². The summed E-state index contributed by atoms with van der Waals surface area (Å²) in [4.78, 5) is 2.31. The largest absolute Gasteiger partial charge is 0.496 e. The molecule has 1 heterocycles. The van der Waals surface area contributed by atoms with Gasteiger partial charge in [0, 0.05) is 54.4 Å². The van der Waals surface area contributed by atoms with Gasteiger partial charge in [0.1, 0.15) is 5.75 Å². The van der Waals surface area contributed by atoms with Crippen LogP contribution < -0.4 is 14.2 Å². The smallest absolute Gasteiger partial charge is 0.205 e. The van der Waals surface area contributed by atoms with Gasteiger partial charge in [-0.25, -0.2) is 0 Å². The molecule has 1 aromatic carbocycles. The summed E-state index contributed by atoms with van der Waals surface area (Å²) in [6.07, 6.45) is 6.31. The Balaban J connectivity index is 2.29. The fourth-order valence-corrected chi connectivity index (χ4v) is 2.97. The lowest BCUT2D eigenvalue weighted by atomic mass is 10.1. The minimum Gasteiger partial charge on any atom is -0.496 e. The highest BCUT2D eigenvalue weighted by Crippen LogP contribution is 2.27. The van der Waals surface area contributed by atoms with E-state index >= 15 is 0 Å². The fraction of sp³-hybridized carbons (Fsp3) is 0.350. The second-order valence-corrected chi connectivity index (χ2v) is 5.92. The molecule has 0 spiro atoms. The second-order valence-electron chi connectivity index (χ2n) is 5.47. The Kier molecular flexibility index (Phi) is 7.19. The van der Waals surface area contributed by atoms with Crippen molar-refractivity contribution >= 4 is 30.5 Å². The zero-order chi connectivity index (χ0) is 17.4. The summed E-state index contributed by atoms with van der Waals surface area (Å²) in [5.41, 5.74) is 3.43. The first kappa shape index (κ1) is 18.4. The molecule has 3 nitrogen and oxygen atoms in total. The zero-order valence-electron chi connectivity index (χ0n) is 14.8. The number of aryl methyl sites for hydroxylation is 1. The first-order valence-electron chi connectivity index (χ1n) is 8.43. The van der Waals surface area contributed by atoms with Gasteiger partial charge in [-0.15, -0.1) is 0 Å². The highest BCUT2D eigenvalue weighted by atomic mass is 32.1. The lowest BCUT2D eigenvalue weighted by Crippen LogP contribution is -2.37.